The number of aryl methyl sites for hydroxylation is 2. The molecule has 0 atom stereocenters. The van der Waals surface area contributed by atoms with Crippen molar-refractivity contribution in [2.45, 2.75) is 13.8 Å². The molecular weight excluding hydrogens is 451 g/mol. The second kappa shape index (κ2) is 8.11. The lowest BCUT2D eigenvalue weighted by Crippen LogP contribution is -2.15. The molecule has 1 amide bonds. The van der Waals surface area contributed by atoms with Crippen LogP contribution in [0, 0.1) is 19.7 Å². The summed E-state index contributed by atoms with van der Waals surface area (Å²) in [4.78, 5) is 17.3. The second-order valence-electron chi connectivity index (χ2n) is 6.60. The number of amides is 1. The molecule has 4 aromatic rings. The first kappa shape index (κ1) is 19.8. The molecule has 0 aliphatic rings. The van der Waals surface area contributed by atoms with Gasteiger partial charge in [-0.15, -0.1) is 5.10 Å². The summed E-state index contributed by atoms with van der Waals surface area (Å²) in [6, 6.07) is 15.5. The summed E-state index contributed by atoms with van der Waals surface area (Å²) < 4.78 is 16.4. The second-order valence-corrected chi connectivity index (χ2v) is 7.51. The van der Waals surface area contributed by atoms with Gasteiger partial charge in [-0.3, -0.25) is 9.78 Å². The van der Waals surface area contributed by atoms with E-state index in [2.05, 4.69) is 41.8 Å². The van der Waals surface area contributed by atoms with Crippen LogP contribution < -0.4 is 5.32 Å². The van der Waals surface area contributed by atoms with Gasteiger partial charge < -0.3 is 5.32 Å². The number of hydrogen-bond donors (Lipinski definition) is 1. The number of carbonyl (C=O) groups excluding carboxylic acids is 1. The summed E-state index contributed by atoms with van der Waals surface area (Å²) in [7, 11) is 0. The zero-order valence-corrected chi connectivity index (χ0v) is 17.7. The molecule has 9 heteroatoms. The Morgan fingerprint density at radius 1 is 1.10 bits per heavy atom. The molecule has 0 fully saturated rings. The number of rotatable bonds is 4. The highest BCUT2D eigenvalue weighted by molar-refractivity contribution is 9.10. The Labute approximate surface area is 180 Å². The van der Waals surface area contributed by atoms with Gasteiger partial charge in [0.25, 0.3) is 5.91 Å². The quantitative estimate of drug-likeness (QED) is 0.478. The molecule has 0 aliphatic heterocycles. The minimum absolute atomic E-state index is 0.148. The molecule has 7 nitrogen and oxygen atoms in total. The van der Waals surface area contributed by atoms with Gasteiger partial charge in [0, 0.05) is 15.7 Å². The zero-order chi connectivity index (χ0) is 21.3. The number of pyridine rings is 1. The van der Waals surface area contributed by atoms with Crippen molar-refractivity contribution in [3.05, 3.63) is 82.0 Å². The largest absolute Gasteiger partial charge is 0.322 e. The molecule has 4 rings (SSSR count). The number of carbonyl (C=O) groups is 1. The summed E-state index contributed by atoms with van der Waals surface area (Å²) in [6.45, 7) is 3.43. The standard InChI is InChI=1S/C21H16BrFN6O/c1-12-17(7-9-19(24-12)14-4-3-5-15(22)10-14)21(30)25-16-6-8-18(23)20(11-16)29-13(2)26-27-28-29/h3-11H,1-2H3,(H,25,30). The minimum Gasteiger partial charge on any atom is -0.322 e. The summed E-state index contributed by atoms with van der Waals surface area (Å²) in [6.07, 6.45) is 0. The number of anilines is 1. The van der Waals surface area contributed by atoms with Crippen LogP contribution in [0.4, 0.5) is 10.1 Å². The molecule has 2 heterocycles. The van der Waals surface area contributed by atoms with Crippen LogP contribution in [0.25, 0.3) is 16.9 Å². The van der Waals surface area contributed by atoms with E-state index in [9.17, 15) is 9.18 Å². The van der Waals surface area contributed by atoms with Crippen LogP contribution in [0.5, 0.6) is 0 Å². The third kappa shape index (κ3) is 3.97. The molecular formula is C21H16BrFN6O. The molecule has 2 aromatic heterocycles. The van der Waals surface area contributed by atoms with E-state index in [1.54, 1.807) is 26.0 Å². The van der Waals surface area contributed by atoms with Crippen molar-refractivity contribution in [1.82, 2.24) is 25.2 Å². The lowest BCUT2D eigenvalue weighted by atomic mass is 10.1. The van der Waals surface area contributed by atoms with E-state index in [1.807, 2.05) is 24.3 Å². The van der Waals surface area contributed by atoms with Gasteiger partial charge in [-0.05, 0) is 66.7 Å². The summed E-state index contributed by atoms with van der Waals surface area (Å²) in [5.74, 6) is -0.410. The van der Waals surface area contributed by atoms with E-state index < -0.39 is 5.82 Å². The normalized spacial score (nSPS) is 10.8. The first-order valence-electron chi connectivity index (χ1n) is 9.02. The van der Waals surface area contributed by atoms with Crippen LogP contribution >= 0.6 is 15.9 Å². The zero-order valence-electron chi connectivity index (χ0n) is 16.1. The van der Waals surface area contributed by atoms with E-state index in [-0.39, 0.29) is 11.6 Å². The van der Waals surface area contributed by atoms with Crippen LogP contribution in [0.3, 0.4) is 0 Å². The van der Waals surface area contributed by atoms with E-state index in [1.165, 1.54) is 22.9 Å². The maximum Gasteiger partial charge on any atom is 0.257 e. The van der Waals surface area contributed by atoms with Crippen LogP contribution in [-0.4, -0.2) is 31.1 Å². The van der Waals surface area contributed by atoms with Crippen molar-refractivity contribution in [2.24, 2.45) is 0 Å². The van der Waals surface area contributed by atoms with Gasteiger partial charge in [0.05, 0.1) is 17.0 Å². The summed E-state index contributed by atoms with van der Waals surface area (Å²) >= 11 is 3.45. The Morgan fingerprint density at radius 2 is 1.93 bits per heavy atom. The van der Waals surface area contributed by atoms with E-state index >= 15 is 0 Å². The van der Waals surface area contributed by atoms with Crippen LogP contribution in [-0.2, 0) is 0 Å². The maximum absolute atomic E-state index is 14.2. The third-order valence-corrected chi connectivity index (χ3v) is 5.00. The van der Waals surface area contributed by atoms with Gasteiger partial charge in [0.15, 0.2) is 5.82 Å². The van der Waals surface area contributed by atoms with E-state index in [4.69, 9.17) is 0 Å². The maximum atomic E-state index is 14.2. The van der Waals surface area contributed by atoms with Crippen molar-refractivity contribution in [3.8, 4) is 16.9 Å². The van der Waals surface area contributed by atoms with Gasteiger partial charge >= 0.3 is 0 Å². The smallest absolute Gasteiger partial charge is 0.257 e. The number of nitrogens with zero attached hydrogens (tertiary/aromatic N) is 5. The molecule has 0 bridgehead atoms. The highest BCUT2D eigenvalue weighted by atomic mass is 79.9. The fourth-order valence-corrected chi connectivity index (χ4v) is 3.41. The third-order valence-electron chi connectivity index (χ3n) is 4.51. The summed E-state index contributed by atoms with van der Waals surface area (Å²) in [5, 5.41) is 13.8. The number of benzene rings is 2. The molecule has 0 saturated heterocycles. The van der Waals surface area contributed by atoms with Crippen LogP contribution in [0.15, 0.2) is 59.1 Å². The van der Waals surface area contributed by atoms with Crippen molar-refractivity contribution in [1.29, 1.82) is 0 Å². The molecule has 0 saturated carbocycles. The first-order chi connectivity index (χ1) is 14.4. The SMILES string of the molecule is Cc1nc(-c2cccc(Br)c2)ccc1C(=O)Nc1ccc(F)c(-n2nnnc2C)c1. The van der Waals surface area contributed by atoms with Gasteiger partial charge in [0.2, 0.25) is 0 Å². The Balaban J connectivity index is 1.59. The Kier molecular flexibility index (Phi) is 5.37. The van der Waals surface area contributed by atoms with Gasteiger partial charge in [-0.2, -0.15) is 4.68 Å². The van der Waals surface area contributed by atoms with Crippen molar-refractivity contribution >= 4 is 27.5 Å². The molecule has 0 radical (unpaired) electrons. The predicted molar refractivity (Wildman–Crippen MR) is 114 cm³/mol. The number of tetrazole rings is 1. The average Bonchev–Trinajstić information content (AvgIpc) is 3.15. The van der Waals surface area contributed by atoms with Gasteiger partial charge in [0.1, 0.15) is 11.5 Å². The molecule has 1 N–H and O–H groups in total. The number of aromatic nitrogens is 5. The Morgan fingerprint density at radius 3 is 2.63 bits per heavy atom. The van der Waals surface area contributed by atoms with Gasteiger partial charge in [-0.1, -0.05) is 28.1 Å². The highest BCUT2D eigenvalue weighted by Gasteiger charge is 2.15. The van der Waals surface area contributed by atoms with Crippen molar-refractivity contribution < 1.29 is 9.18 Å². The van der Waals surface area contributed by atoms with Crippen LogP contribution in [0.2, 0.25) is 0 Å². The molecule has 150 valence electrons. The molecule has 0 unspecified atom stereocenters. The molecule has 2 aromatic carbocycles. The highest BCUT2D eigenvalue weighted by Crippen LogP contribution is 2.24. The number of halogens is 2. The summed E-state index contributed by atoms with van der Waals surface area (Å²) in [5.41, 5.74) is 3.29. The van der Waals surface area contributed by atoms with Crippen molar-refractivity contribution in [3.63, 3.8) is 0 Å². The number of hydrogen-bond acceptors (Lipinski definition) is 5. The van der Waals surface area contributed by atoms with Crippen LogP contribution in [0.1, 0.15) is 21.9 Å². The predicted octanol–water partition coefficient (Wildman–Crippen LogP) is 4.50. The Hall–Kier alpha value is -3.46. The van der Waals surface area contributed by atoms with E-state index in [0.717, 1.165) is 15.7 Å². The van der Waals surface area contributed by atoms with Crippen molar-refractivity contribution in [2.75, 3.05) is 5.32 Å². The topological polar surface area (TPSA) is 85.6 Å². The van der Waals surface area contributed by atoms with Gasteiger partial charge in [-0.25, -0.2) is 4.39 Å². The monoisotopic (exact) mass is 466 g/mol. The fraction of sp³-hybridized carbons (Fsp3) is 0.0952. The fourth-order valence-electron chi connectivity index (χ4n) is 3.02. The van der Waals surface area contributed by atoms with E-state index in [0.29, 0.717) is 22.8 Å². The Bertz CT molecular complexity index is 1260. The average molecular weight is 467 g/mol. The minimum atomic E-state index is -0.500. The molecule has 0 spiro atoms. The molecule has 30 heavy (non-hydrogen) atoms. The number of nitrogens with one attached hydrogen (secondary N) is 1. The molecule has 0 aliphatic carbocycles. The first-order valence-corrected chi connectivity index (χ1v) is 9.81. The lowest BCUT2D eigenvalue weighted by molar-refractivity contribution is 0.102. The lowest BCUT2D eigenvalue weighted by Gasteiger charge is -2.11.